The van der Waals surface area contributed by atoms with Gasteiger partial charge in [0.15, 0.2) is 0 Å². The number of aromatic nitrogens is 2. The van der Waals surface area contributed by atoms with Gasteiger partial charge >= 0.3 is 0 Å². The van der Waals surface area contributed by atoms with Crippen molar-refractivity contribution in [1.29, 1.82) is 0 Å². The van der Waals surface area contributed by atoms with Crippen LogP contribution in [0.5, 0.6) is 0 Å². The molecular weight excluding hydrogens is 426 g/mol. The van der Waals surface area contributed by atoms with Crippen molar-refractivity contribution in [3.63, 3.8) is 0 Å². The van der Waals surface area contributed by atoms with Crippen LogP contribution in [0.1, 0.15) is 45.1 Å². The molecule has 1 aromatic heterocycles. The number of aliphatic hydroxyl groups is 1. The van der Waals surface area contributed by atoms with E-state index in [4.69, 9.17) is 0 Å². The van der Waals surface area contributed by atoms with Crippen LogP contribution in [0.25, 0.3) is 11.3 Å². The van der Waals surface area contributed by atoms with Crippen molar-refractivity contribution in [3.8, 4) is 11.3 Å². The van der Waals surface area contributed by atoms with Gasteiger partial charge in [-0.15, -0.1) is 0 Å². The van der Waals surface area contributed by atoms with Gasteiger partial charge in [0.25, 0.3) is 5.56 Å². The van der Waals surface area contributed by atoms with Gasteiger partial charge in [-0.3, -0.25) is 14.2 Å². The summed E-state index contributed by atoms with van der Waals surface area (Å²) in [6, 6.07) is 21.1. The van der Waals surface area contributed by atoms with Crippen molar-refractivity contribution < 1.29 is 9.90 Å². The Hall–Kier alpha value is -3.25. The van der Waals surface area contributed by atoms with Gasteiger partial charge in [-0.2, -0.15) is 0 Å². The molecule has 178 valence electrons. The molecule has 0 bridgehead atoms. The average Bonchev–Trinajstić information content (AvgIpc) is 2.83. The minimum Gasteiger partial charge on any atom is -0.387 e. The zero-order chi connectivity index (χ0) is 24.3. The molecule has 1 fully saturated rings. The molecule has 1 N–H and O–H groups in total. The summed E-state index contributed by atoms with van der Waals surface area (Å²) in [6.07, 6.45) is 2.35. The van der Waals surface area contributed by atoms with Crippen molar-refractivity contribution in [2.24, 2.45) is 5.41 Å². The van der Waals surface area contributed by atoms with E-state index in [2.05, 4.69) is 11.9 Å². The van der Waals surface area contributed by atoms with Crippen LogP contribution < -0.4 is 5.56 Å². The van der Waals surface area contributed by atoms with E-state index in [1.807, 2.05) is 79.4 Å². The van der Waals surface area contributed by atoms with Crippen molar-refractivity contribution in [1.82, 2.24) is 14.5 Å². The van der Waals surface area contributed by atoms with E-state index >= 15 is 0 Å². The van der Waals surface area contributed by atoms with E-state index in [9.17, 15) is 14.7 Å². The number of benzene rings is 2. The molecule has 6 nitrogen and oxygen atoms in total. The third-order valence-corrected chi connectivity index (χ3v) is 7.22. The topological polar surface area (TPSA) is 75.4 Å². The summed E-state index contributed by atoms with van der Waals surface area (Å²) in [5.41, 5.74) is 0.717. The van der Waals surface area contributed by atoms with Crippen LogP contribution in [-0.4, -0.2) is 44.2 Å². The number of piperidine rings is 1. The first-order valence-electron chi connectivity index (χ1n) is 11.9. The van der Waals surface area contributed by atoms with Crippen LogP contribution in [0.15, 0.2) is 77.9 Å². The third kappa shape index (κ3) is 4.97. The highest BCUT2D eigenvalue weighted by molar-refractivity contribution is 5.77. The van der Waals surface area contributed by atoms with Crippen LogP contribution in [-0.2, 0) is 11.3 Å². The summed E-state index contributed by atoms with van der Waals surface area (Å²) in [6.45, 7) is 7.03. The van der Waals surface area contributed by atoms with Gasteiger partial charge in [0, 0.05) is 36.6 Å². The highest BCUT2D eigenvalue weighted by Gasteiger charge is 2.48. The molecule has 3 aromatic rings. The number of carbonyl (C=O) groups is 1. The zero-order valence-electron chi connectivity index (χ0n) is 20.1. The Kier molecular flexibility index (Phi) is 6.71. The van der Waals surface area contributed by atoms with Crippen LogP contribution in [0.3, 0.4) is 0 Å². The van der Waals surface area contributed by atoms with Crippen LogP contribution >= 0.6 is 0 Å². The summed E-state index contributed by atoms with van der Waals surface area (Å²) in [5, 5.41) is 11.6. The number of amides is 1. The zero-order valence-corrected chi connectivity index (χ0v) is 20.1. The number of rotatable bonds is 6. The molecule has 1 saturated heterocycles. The summed E-state index contributed by atoms with van der Waals surface area (Å²) < 4.78 is 1.48. The minimum atomic E-state index is -1.13. The maximum atomic E-state index is 13.0. The second-order valence-corrected chi connectivity index (χ2v) is 10.1. The Morgan fingerprint density at radius 1 is 1.09 bits per heavy atom. The van der Waals surface area contributed by atoms with Crippen LogP contribution in [0, 0.1) is 5.41 Å². The van der Waals surface area contributed by atoms with Gasteiger partial charge in [-0.25, -0.2) is 4.98 Å². The quantitative estimate of drug-likeness (QED) is 0.602. The summed E-state index contributed by atoms with van der Waals surface area (Å²) in [4.78, 5) is 32.2. The Bertz CT molecular complexity index is 1190. The van der Waals surface area contributed by atoms with E-state index in [-0.39, 0.29) is 23.9 Å². The maximum Gasteiger partial charge on any atom is 0.253 e. The molecule has 0 spiro atoms. The molecular formula is C28H33N3O3. The van der Waals surface area contributed by atoms with Gasteiger partial charge < -0.3 is 10.0 Å². The fourth-order valence-electron chi connectivity index (χ4n) is 4.75. The molecule has 1 amide bonds. The molecule has 1 aliphatic rings. The highest BCUT2D eigenvalue weighted by Crippen LogP contribution is 2.40. The van der Waals surface area contributed by atoms with Gasteiger partial charge in [0.1, 0.15) is 0 Å². The molecule has 34 heavy (non-hydrogen) atoms. The molecule has 0 saturated carbocycles. The molecule has 6 heteroatoms. The predicted molar refractivity (Wildman–Crippen MR) is 133 cm³/mol. The van der Waals surface area contributed by atoms with Crippen molar-refractivity contribution in [2.75, 3.05) is 13.1 Å². The number of carbonyl (C=O) groups excluding carboxylic acids is 1. The van der Waals surface area contributed by atoms with E-state index < -0.39 is 11.0 Å². The molecule has 2 heterocycles. The Balaban J connectivity index is 1.44. The van der Waals surface area contributed by atoms with E-state index in [0.29, 0.717) is 31.6 Å². The highest BCUT2D eigenvalue weighted by atomic mass is 16.3. The maximum absolute atomic E-state index is 13.0. The summed E-state index contributed by atoms with van der Waals surface area (Å²) in [5.74, 6) is 0.225. The van der Waals surface area contributed by atoms with Crippen molar-refractivity contribution in [2.45, 2.75) is 51.7 Å². The first kappa shape index (κ1) is 23.9. The Labute approximate surface area is 200 Å². The lowest BCUT2D eigenvalue weighted by molar-refractivity contribution is -0.154. The van der Waals surface area contributed by atoms with E-state index in [0.717, 1.165) is 11.1 Å². The minimum absolute atomic E-state index is 0.0949. The number of hydrogen-bond donors (Lipinski definition) is 1. The first-order valence-corrected chi connectivity index (χ1v) is 11.9. The smallest absolute Gasteiger partial charge is 0.253 e. The summed E-state index contributed by atoms with van der Waals surface area (Å²) >= 11 is 0. The third-order valence-electron chi connectivity index (χ3n) is 7.22. The van der Waals surface area contributed by atoms with Crippen molar-refractivity contribution in [3.05, 3.63) is 89.0 Å². The lowest BCUT2D eigenvalue weighted by Gasteiger charge is -2.50. The largest absolute Gasteiger partial charge is 0.387 e. The summed E-state index contributed by atoms with van der Waals surface area (Å²) in [7, 11) is 0. The molecule has 2 atom stereocenters. The molecule has 2 aromatic carbocycles. The van der Waals surface area contributed by atoms with Gasteiger partial charge in [0.2, 0.25) is 5.91 Å². The Morgan fingerprint density at radius 3 is 2.35 bits per heavy atom. The van der Waals surface area contributed by atoms with E-state index in [1.54, 1.807) is 0 Å². The van der Waals surface area contributed by atoms with Gasteiger partial charge in [-0.05, 0) is 17.9 Å². The van der Waals surface area contributed by atoms with Crippen molar-refractivity contribution >= 4 is 5.91 Å². The van der Waals surface area contributed by atoms with Crippen LogP contribution in [0.4, 0.5) is 0 Å². The monoisotopic (exact) mass is 459 g/mol. The fourth-order valence-corrected chi connectivity index (χ4v) is 4.75. The molecule has 0 radical (unpaired) electrons. The first-order chi connectivity index (χ1) is 16.2. The Morgan fingerprint density at radius 2 is 1.74 bits per heavy atom. The van der Waals surface area contributed by atoms with Gasteiger partial charge in [0.05, 0.1) is 24.2 Å². The second kappa shape index (κ2) is 9.55. The predicted octanol–water partition coefficient (Wildman–Crippen LogP) is 4.09. The van der Waals surface area contributed by atoms with E-state index in [1.165, 1.54) is 17.0 Å². The molecule has 1 unspecified atom stereocenters. The standard InChI is InChI=1S/C28H33N3O3/c1-21(22-10-6-4-7-11-22)16-25(32)30-15-14-28(34,27(2,3)18-30)19-31-20-29-24(17-26(31)33)23-12-8-5-9-13-23/h4-13,17,20-21,34H,14-16,18-19H2,1-3H3/t21?,28-/m1/s1. The molecule has 1 aliphatic heterocycles. The molecule has 4 rings (SSSR count). The normalized spacial score (nSPS) is 20.6. The van der Waals surface area contributed by atoms with Crippen LogP contribution in [0.2, 0.25) is 0 Å². The second-order valence-electron chi connectivity index (χ2n) is 10.1. The lowest BCUT2D eigenvalue weighted by atomic mass is 9.69. The number of hydrogen-bond acceptors (Lipinski definition) is 4. The van der Waals surface area contributed by atoms with Gasteiger partial charge in [-0.1, -0.05) is 81.4 Å². The lowest BCUT2D eigenvalue weighted by Crippen LogP contribution is -2.60. The average molecular weight is 460 g/mol. The number of nitrogens with zero attached hydrogens (tertiary/aromatic N) is 3. The fraction of sp³-hybridized carbons (Fsp3) is 0.393. The molecule has 0 aliphatic carbocycles. The number of likely N-dealkylation sites (tertiary alicyclic amines) is 1. The SMILES string of the molecule is CC(CC(=O)N1CC[C@@](O)(Cn2cnc(-c3ccccc3)cc2=O)C(C)(C)C1)c1ccccc1.